The molecule has 0 aromatic heterocycles. The molecule has 3 heteroatoms. The van der Waals surface area contributed by atoms with Crippen LogP contribution in [0.15, 0.2) is 48.2 Å². The zero-order chi connectivity index (χ0) is 26.6. The lowest BCUT2D eigenvalue weighted by atomic mass is 9.91. The minimum Gasteiger partial charge on any atom is -0.867 e. The summed E-state index contributed by atoms with van der Waals surface area (Å²) < 4.78 is 2.36. The van der Waals surface area contributed by atoms with Crippen LogP contribution in [0, 0.1) is 0 Å². The Labute approximate surface area is 220 Å². The third-order valence-electron chi connectivity index (χ3n) is 7.39. The Morgan fingerprint density at radius 3 is 1.75 bits per heavy atom. The van der Waals surface area contributed by atoms with E-state index in [9.17, 15) is 5.11 Å². The van der Waals surface area contributed by atoms with E-state index >= 15 is 0 Å². The number of nitrogens with zero attached hydrogens (tertiary/aromatic N) is 2. The van der Waals surface area contributed by atoms with Crippen molar-refractivity contribution in [3.8, 4) is 0 Å². The van der Waals surface area contributed by atoms with Gasteiger partial charge < -0.3 is 5.11 Å². The summed E-state index contributed by atoms with van der Waals surface area (Å²) in [4.78, 5) is 2.36. The van der Waals surface area contributed by atoms with E-state index in [4.69, 9.17) is 0 Å². The van der Waals surface area contributed by atoms with Gasteiger partial charge in [0.2, 0.25) is 0 Å². The fourth-order valence-corrected chi connectivity index (χ4v) is 5.43. The summed E-state index contributed by atoms with van der Waals surface area (Å²) in [5.74, 6) is 2.49. The van der Waals surface area contributed by atoms with Gasteiger partial charge in [-0.05, 0) is 35.9 Å². The Hall–Kier alpha value is -2.55. The van der Waals surface area contributed by atoms with Gasteiger partial charge in [-0.15, -0.1) is 0 Å². The van der Waals surface area contributed by atoms with Gasteiger partial charge in [0.1, 0.15) is 24.5 Å². The van der Waals surface area contributed by atoms with Gasteiger partial charge in [0.15, 0.2) is 0 Å². The molecule has 36 heavy (non-hydrogen) atoms. The molecule has 0 aliphatic carbocycles. The highest BCUT2D eigenvalue weighted by Gasteiger charge is 2.38. The van der Waals surface area contributed by atoms with Crippen molar-refractivity contribution in [3.05, 3.63) is 70.5 Å². The fourth-order valence-electron chi connectivity index (χ4n) is 5.43. The second-order valence-electron chi connectivity index (χ2n) is 11.5. The number of allylic oxidation sites excluding steroid dienone is 1. The molecular weight excluding hydrogens is 440 g/mol. The van der Waals surface area contributed by atoms with Crippen molar-refractivity contribution in [2.45, 2.75) is 105 Å². The van der Waals surface area contributed by atoms with E-state index in [0.29, 0.717) is 23.7 Å². The van der Waals surface area contributed by atoms with E-state index in [0.717, 1.165) is 38.2 Å². The topological polar surface area (TPSA) is 29.3 Å². The zero-order valence-corrected chi connectivity index (χ0v) is 24.2. The average molecular weight is 489 g/mol. The zero-order valence-electron chi connectivity index (χ0n) is 24.2. The molecule has 0 N–H and O–H groups in total. The van der Waals surface area contributed by atoms with Gasteiger partial charge in [0.25, 0.3) is 5.84 Å². The molecule has 1 heterocycles. The van der Waals surface area contributed by atoms with Crippen LogP contribution in [-0.2, 0) is 0 Å². The van der Waals surface area contributed by atoms with Crippen LogP contribution in [0.4, 0.5) is 11.4 Å². The molecule has 0 fully saturated rings. The predicted octanol–water partition coefficient (Wildman–Crippen LogP) is 8.18. The minimum atomic E-state index is 0.155. The molecule has 1 aliphatic heterocycles. The standard InChI is InChI=1S/C33H48N2O/c1-10-11-12-19-30(36)33-34(31-26(22(2)3)15-13-16-27(31)23(4)5)20-21-35(33)32-28(24(6)7)17-14-18-29(32)25(8)9/h13-19,22-25H,10-12,20-21H2,1-9H3/b30-19-. The Morgan fingerprint density at radius 1 is 0.833 bits per heavy atom. The van der Waals surface area contributed by atoms with Crippen LogP contribution < -0.4 is 10.0 Å². The summed E-state index contributed by atoms with van der Waals surface area (Å²) >= 11 is 0. The van der Waals surface area contributed by atoms with Gasteiger partial charge in [-0.1, -0.05) is 118 Å². The fraction of sp³-hybridized carbons (Fsp3) is 0.545. The molecule has 0 saturated heterocycles. The predicted molar refractivity (Wildman–Crippen MR) is 154 cm³/mol. The SMILES string of the molecule is CCCC/C=C(\[O-])C1=[N+](c2c(C(C)C)cccc2C(C)C)CCN1c1c(C(C)C)cccc1C(C)C. The molecule has 0 saturated carbocycles. The van der Waals surface area contributed by atoms with Gasteiger partial charge in [-0.3, -0.25) is 0 Å². The summed E-state index contributed by atoms with van der Waals surface area (Å²) in [6, 6.07) is 13.4. The van der Waals surface area contributed by atoms with Crippen LogP contribution in [0.1, 0.15) is 128 Å². The van der Waals surface area contributed by atoms with Gasteiger partial charge in [0, 0.05) is 22.3 Å². The molecule has 3 nitrogen and oxygen atoms in total. The van der Waals surface area contributed by atoms with Crippen LogP contribution in [0.3, 0.4) is 0 Å². The lowest BCUT2D eigenvalue weighted by molar-refractivity contribution is -0.436. The Balaban J connectivity index is 2.38. The number of hydrogen-bond donors (Lipinski definition) is 0. The van der Waals surface area contributed by atoms with Crippen LogP contribution in [-0.4, -0.2) is 23.5 Å². The first-order valence-corrected chi connectivity index (χ1v) is 14.1. The molecular formula is C33H48N2O. The van der Waals surface area contributed by atoms with Crippen molar-refractivity contribution in [2.75, 3.05) is 18.0 Å². The largest absolute Gasteiger partial charge is 0.867 e. The van der Waals surface area contributed by atoms with Crippen LogP contribution in [0.25, 0.3) is 0 Å². The van der Waals surface area contributed by atoms with E-state index in [-0.39, 0.29) is 5.76 Å². The van der Waals surface area contributed by atoms with E-state index in [1.165, 1.54) is 33.6 Å². The number of amidine groups is 1. The minimum absolute atomic E-state index is 0.155. The lowest BCUT2D eigenvalue weighted by Gasteiger charge is -2.26. The molecule has 0 amide bonds. The molecule has 0 radical (unpaired) electrons. The third-order valence-corrected chi connectivity index (χ3v) is 7.39. The van der Waals surface area contributed by atoms with Crippen LogP contribution in [0.5, 0.6) is 0 Å². The van der Waals surface area contributed by atoms with E-state index in [1.54, 1.807) is 0 Å². The second kappa shape index (κ2) is 12.1. The Morgan fingerprint density at radius 2 is 1.31 bits per heavy atom. The number of hydrogen-bond acceptors (Lipinski definition) is 2. The normalized spacial score (nSPS) is 14.9. The quantitative estimate of drug-likeness (QED) is 0.192. The summed E-state index contributed by atoms with van der Waals surface area (Å²) in [6.07, 6.45) is 4.89. The average Bonchev–Trinajstić information content (AvgIpc) is 3.27. The first-order valence-electron chi connectivity index (χ1n) is 14.1. The van der Waals surface area contributed by atoms with Crippen molar-refractivity contribution in [1.82, 2.24) is 0 Å². The molecule has 2 aromatic rings. The van der Waals surface area contributed by atoms with Crippen molar-refractivity contribution in [3.63, 3.8) is 0 Å². The summed E-state index contributed by atoms with van der Waals surface area (Å²) in [5.41, 5.74) is 7.77. The highest BCUT2D eigenvalue weighted by molar-refractivity contribution is 6.07. The smallest absolute Gasteiger partial charge is 0.274 e. The monoisotopic (exact) mass is 488 g/mol. The van der Waals surface area contributed by atoms with Gasteiger partial charge in [-0.2, -0.15) is 0 Å². The van der Waals surface area contributed by atoms with E-state index < -0.39 is 0 Å². The number of anilines is 1. The molecule has 3 rings (SSSR count). The maximum absolute atomic E-state index is 14.0. The first-order chi connectivity index (χ1) is 17.1. The molecule has 0 unspecified atom stereocenters. The van der Waals surface area contributed by atoms with E-state index in [1.807, 2.05) is 6.08 Å². The van der Waals surface area contributed by atoms with Crippen LogP contribution >= 0.6 is 0 Å². The van der Waals surface area contributed by atoms with Gasteiger partial charge in [0.05, 0.1) is 0 Å². The highest BCUT2D eigenvalue weighted by Crippen LogP contribution is 2.40. The Bertz CT molecular complexity index is 1050. The second-order valence-corrected chi connectivity index (χ2v) is 11.5. The molecule has 0 spiro atoms. The summed E-state index contributed by atoms with van der Waals surface area (Å²) in [5, 5.41) is 14.0. The third kappa shape index (κ3) is 5.71. The summed E-state index contributed by atoms with van der Waals surface area (Å²) in [6.45, 7) is 21.9. The molecule has 1 aliphatic rings. The van der Waals surface area contributed by atoms with Gasteiger partial charge >= 0.3 is 0 Å². The summed E-state index contributed by atoms with van der Waals surface area (Å²) in [7, 11) is 0. The molecule has 0 atom stereocenters. The van der Waals surface area contributed by atoms with Crippen molar-refractivity contribution < 1.29 is 9.68 Å². The first kappa shape index (κ1) is 28.0. The van der Waals surface area contributed by atoms with E-state index in [2.05, 4.69) is 108 Å². The maximum atomic E-state index is 14.0. The number of para-hydroxylation sites is 2. The van der Waals surface area contributed by atoms with Crippen LogP contribution in [0.2, 0.25) is 0 Å². The molecule has 196 valence electrons. The maximum Gasteiger partial charge on any atom is 0.274 e. The number of benzene rings is 2. The lowest BCUT2D eigenvalue weighted by Crippen LogP contribution is -2.36. The highest BCUT2D eigenvalue weighted by atomic mass is 16.3. The number of unbranched alkanes of at least 4 members (excludes halogenated alkanes) is 2. The molecule has 0 bridgehead atoms. The van der Waals surface area contributed by atoms with Crippen molar-refractivity contribution in [2.24, 2.45) is 0 Å². The number of rotatable bonds is 10. The Kier molecular flexibility index (Phi) is 9.44. The van der Waals surface area contributed by atoms with Gasteiger partial charge in [-0.25, -0.2) is 9.48 Å². The molecule has 2 aromatic carbocycles. The van der Waals surface area contributed by atoms with Crippen molar-refractivity contribution in [1.29, 1.82) is 0 Å². The van der Waals surface area contributed by atoms with Crippen molar-refractivity contribution >= 4 is 17.2 Å².